The van der Waals surface area contributed by atoms with Gasteiger partial charge in [-0.05, 0) is 48.4 Å². The van der Waals surface area contributed by atoms with Crippen molar-refractivity contribution < 1.29 is 9.53 Å². The first kappa shape index (κ1) is 23.8. The quantitative estimate of drug-likeness (QED) is 0.225. The number of nitrogens with one attached hydrogen (secondary N) is 2. The summed E-state index contributed by atoms with van der Waals surface area (Å²) in [5.41, 5.74) is 3.29. The van der Waals surface area contributed by atoms with Crippen molar-refractivity contribution in [3.63, 3.8) is 0 Å². The molecule has 9 nitrogen and oxygen atoms in total. The summed E-state index contributed by atoms with van der Waals surface area (Å²) in [4.78, 5) is 35.6. The number of nitrogens with zero attached hydrogens (tertiary/aromatic N) is 4. The minimum absolute atomic E-state index is 0.0636. The summed E-state index contributed by atoms with van der Waals surface area (Å²) in [6.07, 6.45) is 0. The fourth-order valence-electron chi connectivity index (χ4n) is 3.44. The molecule has 0 aliphatic rings. The number of carbonyl (C=O) groups is 1. The van der Waals surface area contributed by atoms with Crippen LogP contribution in [0.25, 0.3) is 16.1 Å². The molecular weight excluding hydrogens is 464 g/mol. The third kappa shape index (κ3) is 5.42. The highest BCUT2D eigenvalue weighted by Crippen LogP contribution is 2.30. The van der Waals surface area contributed by atoms with E-state index >= 15 is 0 Å². The number of carbonyl (C=O) groups excluding carboxylic acids is 1. The van der Waals surface area contributed by atoms with Crippen LogP contribution in [0.3, 0.4) is 0 Å². The second-order valence-electron chi connectivity index (χ2n) is 7.65. The summed E-state index contributed by atoms with van der Waals surface area (Å²) in [7, 11) is 3.28. The van der Waals surface area contributed by atoms with Crippen LogP contribution in [0.15, 0.2) is 64.5 Å². The van der Waals surface area contributed by atoms with Gasteiger partial charge in [0.2, 0.25) is 0 Å². The van der Waals surface area contributed by atoms with Gasteiger partial charge in [0.15, 0.2) is 5.16 Å². The number of ether oxygens (including phenoxy) is 1. The van der Waals surface area contributed by atoms with Crippen LogP contribution in [-0.4, -0.2) is 32.8 Å². The fourth-order valence-corrected chi connectivity index (χ4v) is 4.26. The lowest BCUT2D eigenvalue weighted by Gasteiger charge is -2.09. The number of aromatic amines is 1. The highest BCUT2D eigenvalue weighted by Gasteiger charge is 2.15. The van der Waals surface area contributed by atoms with E-state index in [9.17, 15) is 9.59 Å². The number of amides is 1. The minimum Gasteiger partial charge on any atom is -0.497 e. The molecule has 4 rings (SSSR count). The summed E-state index contributed by atoms with van der Waals surface area (Å²) < 4.78 is 6.80. The lowest BCUT2D eigenvalue weighted by atomic mass is 10.1. The van der Waals surface area contributed by atoms with E-state index in [2.05, 4.69) is 25.2 Å². The van der Waals surface area contributed by atoms with Gasteiger partial charge in [0.05, 0.1) is 25.1 Å². The fraction of sp³-hybridized carbons (Fsp3) is 0.160. The van der Waals surface area contributed by atoms with Crippen molar-refractivity contribution in [2.45, 2.75) is 17.8 Å². The van der Waals surface area contributed by atoms with Gasteiger partial charge in [0.1, 0.15) is 11.4 Å². The monoisotopic (exact) mass is 486 g/mol. The molecule has 2 aromatic carbocycles. The molecule has 0 fully saturated rings. The van der Waals surface area contributed by atoms with Crippen molar-refractivity contribution in [2.75, 3.05) is 12.4 Å². The smallest absolute Gasteiger partial charge is 0.276 e. The average molecular weight is 487 g/mol. The number of hydrogen-bond donors (Lipinski definition) is 2. The standard InChI is InChI=1S/C25H22N6O3S/c1-15-12-20(31(3)30-15)23(32)27-18-10-8-16(9-11-18)14-35-25-28-21(22(26-2)24(33)29-25)17-6-5-7-19(13-17)34-4/h5-13H,14H2,1,3-4H3,(H,27,32)(H,28,29,33). The Kier molecular flexibility index (Phi) is 6.98. The number of aryl methyl sites for hydroxylation is 2. The normalized spacial score (nSPS) is 10.6. The van der Waals surface area contributed by atoms with Gasteiger partial charge in [-0.15, -0.1) is 0 Å². The summed E-state index contributed by atoms with van der Waals surface area (Å²) in [6, 6.07) is 16.2. The van der Waals surface area contributed by atoms with Crippen LogP contribution < -0.4 is 15.6 Å². The van der Waals surface area contributed by atoms with Gasteiger partial charge < -0.3 is 15.0 Å². The van der Waals surface area contributed by atoms with Crippen LogP contribution in [0.2, 0.25) is 0 Å². The molecule has 176 valence electrons. The Bertz CT molecular complexity index is 1480. The Morgan fingerprint density at radius 1 is 1.23 bits per heavy atom. The minimum atomic E-state index is -0.487. The molecule has 35 heavy (non-hydrogen) atoms. The maximum absolute atomic E-state index is 12.5. The maximum Gasteiger partial charge on any atom is 0.276 e. The second kappa shape index (κ2) is 10.3. The number of hydrogen-bond acceptors (Lipinski definition) is 6. The van der Waals surface area contributed by atoms with E-state index in [1.165, 1.54) is 11.8 Å². The Labute approximate surface area is 206 Å². The van der Waals surface area contributed by atoms with Gasteiger partial charge in [0, 0.05) is 18.5 Å². The van der Waals surface area contributed by atoms with E-state index in [1.54, 1.807) is 49.2 Å². The van der Waals surface area contributed by atoms with Crippen molar-refractivity contribution >= 4 is 29.0 Å². The van der Waals surface area contributed by atoms with Crippen molar-refractivity contribution in [2.24, 2.45) is 7.05 Å². The predicted molar refractivity (Wildman–Crippen MR) is 135 cm³/mol. The number of benzene rings is 2. The van der Waals surface area contributed by atoms with Gasteiger partial charge in [-0.3, -0.25) is 14.3 Å². The highest BCUT2D eigenvalue weighted by molar-refractivity contribution is 7.98. The molecule has 0 spiro atoms. The van der Waals surface area contributed by atoms with E-state index in [-0.39, 0.29) is 11.6 Å². The molecule has 2 N–H and O–H groups in total. The zero-order valence-corrected chi connectivity index (χ0v) is 20.1. The van der Waals surface area contributed by atoms with Crippen LogP contribution in [-0.2, 0) is 12.8 Å². The third-order valence-electron chi connectivity index (χ3n) is 5.15. The second-order valence-corrected chi connectivity index (χ2v) is 8.61. The number of aromatic nitrogens is 4. The lowest BCUT2D eigenvalue weighted by molar-refractivity contribution is 0.101. The Hall–Kier alpha value is -4.36. The maximum atomic E-state index is 12.5. The van der Waals surface area contributed by atoms with Crippen molar-refractivity contribution in [3.05, 3.63) is 93.3 Å². The topological polar surface area (TPSA) is 106 Å². The summed E-state index contributed by atoms with van der Waals surface area (Å²) in [5.74, 6) is 0.912. The number of thioether (sulfide) groups is 1. The molecule has 4 aromatic rings. The molecule has 0 bridgehead atoms. The SMILES string of the molecule is [C-]#[N+]c1c(-c2cccc(OC)c2)nc(SCc2ccc(NC(=O)c3cc(C)nn3C)cc2)[nH]c1=O. The van der Waals surface area contributed by atoms with E-state index in [0.29, 0.717) is 39.3 Å². The van der Waals surface area contributed by atoms with Gasteiger partial charge >= 0.3 is 0 Å². The molecule has 0 saturated carbocycles. The Morgan fingerprint density at radius 3 is 2.66 bits per heavy atom. The largest absolute Gasteiger partial charge is 0.497 e. The molecule has 2 heterocycles. The van der Waals surface area contributed by atoms with E-state index in [0.717, 1.165) is 11.3 Å². The van der Waals surface area contributed by atoms with Crippen molar-refractivity contribution in [1.29, 1.82) is 0 Å². The Balaban J connectivity index is 1.48. The highest BCUT2D eigenvalue weighted by atomic mass is 32.2. The third-order valence-corrected chi connectivity index (χ3v) is 6.09. The van der Waals surface area contributed by atoms with Crippen LogP contribution in [0.5, 0.6) is 5.75 Å². The first-order valence-electron chi connectivity index (χ1n) is 10.6. The zero-order chi connectivity index (χ0) is 24.9. The average Bonchev–Trinajstić information content (AvgIpc) is 3.21. The van der Waals surface area contributed by atoms with E-state index in [4.69, 9.17) is 11.3 Å². The number of methoxy groups -OCH3 is 1. The van der Waals surface area contributed by atoms with Gasteiger partial charge in [-0.1, -0.05) is 36.0 Å². The van der Waals surface area contributed by atoms with Crippen LogP contribution >= 0.6 is 11.8 Å². The number of rotatable bonds is 7. The van der Waals surface area contributed by atoms with E-state index < -0.39 is 5.56 Å². The summed E-state index contributed by atoms with van der Waals surface area (Å²) in [5, 5.41) is 7.46. The molecule has 0 unspecified atom stereocenters. The van der Waals surface area contributed by atoms with Crippen molar-refractivity contribution in [3.8, 4) is 17.0 Å². The predicted octanol–water partition coefficient (Wildman–Crippen LogP) is 4.58. The first-order valence-corrected chi connectivity index (χ1v) is 11.6. The molecular formula is C25H22N6O3S. The van der Waals surface area contributed by atoms with Crippen LogP contribution in [0, 0.1) is 13.5 Å². The number of anilines is 1. The van der Waals surface area contributed by atoms with Crippen molar-refractivity contribution in [1.82, 2.24) is 19.7 Å². The molecule has 10 heteroatoms. The molecule has 0 aliphatic carbocycles. The lowest BCUT2D eigenvalue weighted by Crippen LogP contribution is -2.16. The van der Waals surface area contributed by atoms with Crippen LogP contribution in [0.1, 0.15) is 21.7 Å². The van der Waals surface area contributed by atoms with Gasteiger partial charge in [0.25, 0.3) is 17.2 Å². The molecule has 1 amide bonds. The first-order chi connectivity index (χ1) is 16.9. The molecule has 0 atom stereocenters. The van der Waals surface area contributed by atoms with E-state index in [1.807, 2.05) is 31.2 Å². The zero-order valence-electron chi connectivity index (χ0n) is 19.3. The molecule has 0 radical (unpaired) electrons. The van der Waals surface area contributed by atoms with Gasteiger partial charge in [-0.2, -0.15) is 5.10 Å². The van der Waals surface area contributed by atoms with Gasteiger partial charge in [-0.25, -0.2) is 9.83 Å². The molecule has 0 saturated heterocycles. The van der Waals surface area contributed by atoms with Crippen LogP contribution in [0.4, 0.5) is 11.4 Å². The number of H-pyrrole nitrogens is 1. The molecule has 0 aliphatic heterocycles. The summed E-state index contributed by atoms with van der Waals surface area (Å²) >= 11 is 1.35. The Morgan fingerprint density at radius 2 is 2.00 bits per heavy atom. The summed E-state index contributed by atoms with van der Waals surface area (Å²) in [6.45, 7) is 9.24. The molecule has 2 aromatic heterocycles.